The average Bonchev–Trinajstić information content (AvgIpc) is 2.85. The van der Waals surface area contributed by atoms with Crippen LogP contribution < -0.4 is 9.62 Å². The van der Waals surface area contributed by atoms with Crippen LogP contribution in [-0.4, -0.2) is 42.8 Å². The molecular formula is C25H24FN5O2S. The Morgan fingerprint density at radius 2 is 1.88 bits per heavy atom. The summed E-state index contributed by atoms with van der Waals surface area (Å²) in [4.78, 5) is 8.93. The van der Waals surface area contributed by atoms with Gasteiger partial charge in [-0.2, -0.15) is 12.7 Å². The summed E-state index contributed by atoms with van der Waals surface area (Å²) >= 11 is 0. The summed E-state index contributed by atoms with van der Waals surface area (Å²) in [6.45, 7) is 1.06. The standard InChI is InChI=1S/C25H24FN5O2S/c1-30-13-4-14-31(34(30,32)33)21-9-8-19(23(26)16-21)17-29-20-6-2-5-18(15-20)25-22-7-3-11-27-24(22)10-12-28-25/h2-3,5-12,15-16,29H,4,13-14,17H2,1H3. The molecule has 7 nitrogen and oxygen atoms in total. The van der Waals surface area contributed by atoms with Gasteiger partial charge in [0.05, 0.1) is 16.9 Å². The largest absolute Gasteiger partial charge is 0.381 e. The Hall–Kier alpha value is -3.56. The summed E-state index contributed by atoms with van der Waals surface area (Å²) in [7, 11) is -2.08. The lowest BCUT2D eigenvalue weighted by atomic mass is 10.1. The van der Waals surface area contributed by atoms with Crippen molar-refractivity contribution in [2.24, 2.45) is 0 Å². The molecule has 0 saturated carbocycles. The minimum absolute atomic E-state index is 0.257. The van der Waals surface area contributed by atoms with E-state index in [0.29, 0.717) is 30.8 Å². The molecule has 1 aliphatic rings. The zero-order valence-electron chi connectivity index (χ0n) is 18.6. The van der Waals surface area contributed by atoms with E-state index in [4.69, 9.17) is 0 Å². The first-order chi connectivity index (χ1) is 16.4. The first kappa shape index (κ1) is 22.2. The van der Waals surface area contributed by atoms with Gasteiger partial charge in [0.25, 0.3) is 0 Å². The number of hydrogen-bond donors (Lipinski definition) is 1. The van der Waals surface area contributed by atoms with Crippen LogP contribution in [-0.2, 0) is 16.8 Å². The predicted molar refractivity (Wildman–Crippen MR) is 132 cm³/mol. The third kappa shape index (κ3) is 4.20. The number of halogens is 1. The molecule has 1 aliphatic heterocycles. The molecule has 1 saturated heterocycles. The van der Waals surface area contributed by atoms with Crippen LogP contribution in [0.4, 0.5) is 15.8 Å². The molecule has 0 unspecified atom stereocenters. The number of anilines is 2. The van der Waals surface area contributed by atoms with Gasteiger partial charge in [0.1, 0.15) is 5.82 Å². The molecule has 174 valence electrons. The van der Waals surface area contributed by atoms with Crippen LogP contribution >= 0.6 is 0 Å². The van der Waals surface area contributed by atoms with Crippen LogP contribution in [0, 0.1) is 5.82 Å². The van der Waals surface area contributed by atoms with E-state index in [1.165, 1.54) is 21.7 Å². The molecule has 9 heteroatoms. The van der Waals surface area contributed by atoms with Gasteiger partial charge < -0.3 is 5.32 Å². The van der Waals surface area contributed by atoms with Crippen molar-refractivity contribution >= 4 is 32.5 Å². The van der Waals surface area contributed by atoms with Gasteiger partial charge in [-0.25, -0.2) is 4.39 Å². The Morgan fingerprint density at radius 3 is 2.74 bits per heavy atom. The van der Waals surface area contributed by atoms with Crippen LogP contribution in [0.15, 0.2) is 73.1 Å². The van der Waals surface area contributed by atoms with Crippen molar-refractivity contribution in [1.29, 1.82) is 0 Å². The SMILES string of the molecule is CN1CCCN(c2ccc(CNc3cccc(-c4nccc5ncccc45)c3)c(F)c2)S1(=O)=O. The van der Waals surface area contributed by atoms with Crippen LogP contribution in [0.5, 0.6) is 0 Å². The van der Waals surface area contributed by atoms with E-state index in [1.807, 2.05) is 42.5 Å². The van der Waals surface area contributed by atoms with Gasteiger partial charge in [-0.3, -0.25) is 14.3 Å². The second-order valence-electron chi connectivity index (χ2n) is 8.19. The Kier molecular flexibility index (Phi) is 5.89. The highest BCUT2D eigenvalue weighted by Gasteiger charge is 2.31. The molecular weight excluding hydrogens is 453 g/mol. The second kappa shape index (κ2) is 9.00. The molecule has 0 bridgehead atoms. The molecule has 34 heavy (non-hydrogen) atoms. The van der Waals surface area contributed by atoms with Gasteiger partial charge in [-0.1, -0.05) is 18.2 Å². The number of nitrogens with one attached hydrogen (secondary N) is 1. The van der Waals surface area contributed by atoms with Gasteiger partial charge >= 0.3 is 10.2 Å². The molecule has 5 rings (SSSR count). The molecule has 1 N–H and O–H groups in total. The normalized spacial score (nSPS) is 16.0. The van der Waals surface area contributed by atoms with Gasteiger partial charge in [0.2, 0.25) is 0 Å². The highest BCUT2D eigenvalue weighted by molar-refractivity contribution is 7.90. The molecule has 0 radical (unpaired) electrons. The van der Waals surface area contributed by atoms with E-state index in [2.05, 4.69) is 15.3 Å². The van der Waals surface area contributed by atoms with Crippen molar-refractivity contribution in [3.63, 3.8) is 0 Å². The molecule has 2 aromatic carbocycles. The summed E-state index contributed by atoms with van der Waals surface area (Å²) in [6, 6.07) is 18.1. The van der Waals surface area contributed by atoms with Crippen molar-refractivity contribution in [2.75, 3.05) is 29.8 Å². The quantitative estimate of drug-likeness (QED) is 0.460. The van der Waals surface area contributed by atoms with E-state index in [9.17, 15) is 12.8 Å². The van der Waals surface area contributed by atoms with Crippen LogP contribution in [0.3, 0.4) is 0 Å². The summed E-state index contributed by atoms with van der Waals surface area (Å²) in [5.41, 5.74) is 4.24. The Labute approximate surface area is 198 Å². The topological polar surface area (TPSA) is 78.4 Å². The lowest BCUT2D eigenvalue weighted by Gasteiger charge is -2.33. The predicted octanol–water partition coefficient (Wildman–Crippen LogP) is 4.43. The van der Waals surface area contributed by atoms with Crippen molar-refractivity contribution in [2.45, 2.75) is 13.0 Å². The minimum atomic E-state index is -3.61. The van der Waals surface area contributed by atoms with Crippen LogP contribution in [0.2, 0.25) is 0 Å². The lowest BCUT2D eigenvalue weighted by molar-refractivity contribution is 0.438. The number of pyridine rings is 2. The number of benzene rings is 2. The summed E-state index contributed by atoms with van der Waals surface area (Å²) < 4.78 is 42.5. The summed E-state index contributed by atoms with van der Waals surface area (Å²) in [6.07, 6.45) is 4.18. The Bertz CT molecular complexity index is 1460. The first-order valence-corrected chi connectivity index (χ1v) is 12.4. The maximum Gasteiger partial charge on any atom is 0.303 e. The van der Waals surface area contributed by atoms with Gasteiger partial charge in [-0.05, 0) is 48.9 Å². The molecule has 1 fully saturated rings. The van der Waals surface area contributed by atoms with Crippen LogP contribution in [0.25, 0.3) is 22.2 Å². The zero-order chi connectivity index (χ0) is 23.7. The van der Waals surface area contributed by atoms with E-state index in [-0.39, 0.29) is 6.54 Å². The van der Waals surface area contributed by atoms with Crippen molar-refractivity contribution in [1.82, 2.24) is 14.3 Å². The number of fused-ring (bicyclic) bond motifs is 1. The number of nitrogens with zero attached hydrogens (tertiary/aromatic N) is 4. The van der Waals surface area contributed by atoms with E-state index in [1.54, 1.807) is 24.5 Å². The first-order valence-electron chi connectivity index (χ1n) is 11.0. The fourth-order valence-electron chi connectivity index (χ4n) is 4.14. The van der Waals surface area contributed by atoms with E-state index < -0.39 is 16.0 Å². The Morgan fingerprint density at radius 1 is 1.00 bits per heavy atom. The number of hydrogen-bond acceptors (Lipinski definition) is 5. The summed E-state index contributed by atoms with van der Waals surface area (Å²) in [5.74, 6) is -0.452. The average molecular weight is 478 g/mol. The van der Waals surface area contributed by atoms with Crippen molar-refractivity contribution in [3.8, 4) is 11.3 Å². The molecule has 0 atom stereocenters. The van der Waals surface area contributed by atoms with Crippen molar-refractivity contribution in [3.05, 3.63) is 84.4 Å². The lowest BCUT2D eigenvalue weighted by Crippen LogP contribution is -2.48. The molecule has 2 aromatic heterocycles. The van der Waals surface area contributed by atoms with Gasteiger partial charge in [0.15, 0.2) is 0 Å². The maximum atomic E-state index is 14.9. The maximum absolute atomic E-state index is 14.9. The molecule has 0 spiro atoms. The van der Waals surface area contributed by atoms with E-state index >= 15 is 0 Å². The minimum Gasteiger partial charge on any atom is -0.381 e. The highest BCUT2D eigenvalue weighted by Crippen LogP contribution is 2.28. The van der Waals surface area contributed by atoms with E-state index in [0.717, 1.165) is 27.8 Å². The second-order valence-corrected chi connectivity index (χ2v) is 10.2. The third-order valence-electron chi connectivity index (χ3n) is 5.98. The molecule has 4 aromatic rings. The monoisotopic (exact) mass is 477 g/mol. The van der Waals surface area contributed by atoms with Gasteiger partial charge in [0, 0.05) is 61.3 Å². The molecule has 0 aliphatic carbocycles. The Balaban J connectivity index is 1.35. The fourth-order valence-corrected chi connectivity index (χ4v) is 5.58. The number of aromatic nitrogens is 2. The van der Waals surface area contributed by atoms with Gasteiger partial charge in [-0.15, -0.1) is 0 Å². The molecule has 3 heterocycles. The van der Waals surface area contributed by atoms with Crippen LogP contribution in [0.1, 0.15) is 12.0 Å². The third-order valence-corrected chi connectivity index (χ3v) is 7.90. The highest BCUT2D eigenvalue weighted by atomic mass is 32.2. The number of rotatable bonds is 5. The fraction of sp³-hybridized carbons (Fsp3) is 0.200. The zero-order valence-corrected chi connectivity index (χ0v) is 19.5. The molecule has 0 amide bonds. The summed E-state index contributed by atoms with van der Waals surface area (Å²) in [5, 5.41) is 4.22. The van der Waals surface area contributed by atoms with Crippen molar-refractivity contribution < 1.29 is 12.8 Å². The smallest absolute Gasteiger partial charge is 0.303 e.